The summed E-state index contributed by atoms with van der Waals surface area (Å²) in [6.45, 7) is 2.29. The monoisotopic (exact) mass is 540 g/mol. The first-order chi connectivity index (χ1) is 18.1. The van der Waals surface area contributed by atoms with E-state index >= 15 is 0 Å². The summed E-state index contributed by atoms with van der Waals surface area (Å²) in [5.74, 6) is -0.321. The van der Waals surface area contributed by atoms with Crippen LogP contribution >= 0.6 is 0 Å². The molecule has 0 unspecified atom stereocenters. The number of hydrogen-bond acceptors (Lipinski definition) is 7. The molecule has 1 saturated carbocycles. The van der Waals surface area contributed by atoms with E-state index in [1.807, 2.05) is 0 Å². The number of carbonyl (C=O) groups is 2. The van der Waals surface area contributed by atoms with E-state index in [1.54, 1.807) is 16.9 Å². The lowest BCUT2D eigenvalue weighted by Crippen LogP contribution is -2.52. The third-order valence-electron chi connectivity index (χ3n) is 8.63. The Bertz CT molecular complexity index is 1060. The fourth-order valence-electron chi connectivity index (χ4n) is 6.74. The van der Waals surface area contributed by atoms with Crippen molar-refractivity contribution in [1.82, 2.24) is 20.1 Å². The van der Waals surface area contributed by atoms with E-state index in [2.05, 4.69) is 10.3 Å². The summed E-state index contributed by atoms with van der Waals surface area (Å²) in [5, 5.41) is 3.70. The minimum Gasteiger partial charge on any atom is -0.379 e. The van der Waals surface area contributed by atoms with Gasteiger partial charge in [-0.25, -0.2) is 0 Å². The first-order valence-electron chi connectivity index (χ1n) is 13.1. The average Bonchev–Trinajstić information content (AvgIpc) is 3.42. The van der Waals surface area contributed by atoms with Crippen molar-refractivity contribution in [2.75, 3.05) is 53.7 Å². The Morgan fingerprint density at radius 3 is 2.84 bits per heavy atom. The van der Waals surface area contributed by atoms with Crippen molar-refractivity contribution in [2.45, 2.75) is 56.6 Å². The molecule has 5 rings (SSSR count). The van der Waals surface area contributed by atoms with E-state index in [1.165, 1.54) is 7.11 Å². The second-order valence-corrected chi connectivity index (χ2v) is 10.9. The standard InChI is InChI=1S/C26H35F3N4O5/c1-36-14-23(34)33-12-18-8-19(31-21-4-6-38-13-22(21)37-2)9-25(18,15-33)24(35)32-5-3-20-16(11-32)7-17(10-30-20)26(27,28)29/h7,10,18-19,21-22,31H,3-6,8-9,11-15H2,1-2H3/t18-,19+,21-,22+,25-/m0/s1. The molecule has 5 atom stereocenters. The molecule has 4 heterocycles. The summed E-state index contributed by atoms with van der Waals surface area (Å²) in [5.41, 5.74) is -0.597. The fourth-order valence-corrected chi connectivity index (χ4v) is 6.74. The van der Waals surface area contributed by atoms with Crippen LogP contribution in [0, 0.1) is 11.3 Å². The summed E-state index contributed by atoms with van der Waals surface area (Å²) in [6.07, 6.45) is -1.25. The lowest BCUT2D eigenvalue weighted by Gasteiger charge is -2.37. The van der Waals surface area contributed by atoms with Gasteiger partial charge >= 0.3 is 6.18 Å². The third kappa shape index (κ3) is 5.15. The van der Waals surface area contributed by atoms with Crippen LogP contribution in [0.4, 0.5) is 13.2 Å². The maximum absolute atomic E-state index is 14.2. The SMILES string of the molecule is COCC(=O)N1C[C@@H]2C[C@@H](N[C@H]3CCOC[C@H]3OC)C[C@]2(C(=O)N2CCc3ncc(C(F)(F)F)cc3C2)C1. The van der Waals surface area contributed by atoms with Crippen LogP contribution in [0.5, 0.6) is 0 Å². The van der Waals surface area contributed by atoms with Gasteiger partial charge in [0.25, 0.3) is 0 Å². The number of ether oxygens (including phenoxy) is 3. The normalized spacial score (nSPS) is 31.3. The third-order valence-corrected chi connectivity index (χ3v) is 8.63. The molecule has 0 spiro atoms. The molecule has 3 fully saturated rings. The van der Waals surface area contributed by atoms with E-state index in [0.717, 1.165) is 25.1 Å². The molecule has 3 aliphatic heterocycles. The molecule has 0 radical (unpaired) electrons. The van der Waals surface area contributed by atoms with Crippen molar-refractivity contribution >= 4 is 11.8 Å². The Kier molecular flexibility index (Phi) is 7.69. The molecule has 4 aliphatic rings. The van der Waals surface area contributed by atoms with Gasteiger partial charge in [-0.1, -0.05) is 0 Å². The number of fused-ring (bicyclic) bond motifs is 2. The first-order valence-corrected chi connectivity index (χ1v) is 13.1. The van der Waals surface area contributed by atoms with Gasteiger partial charge in [0, 0.05) is 77.4 Å². The van der Waals surface area contributed by atoms with E-state index in [-0.39, 0.29) is 55.6 Å². The van der Waals surface area contributed by atoms with Crippen LogP contribution in [0.3, 0.4) is 0 Å². The average molecular weight is 541 g/mol. The number of amides is 2. The second-order valence-electron chi connectivity index (χ2n) is 10.9. The molecule has 0 bridgehead atoms. The van der Waals surface area contributed by atoms with Crippen molar-refractivity contribution < 1.29 is 37.0 Å². The minimum atomic E-state index is -4.50. The topological polar surface area (TPSA) is 93.2 Å². The number of nitrogens with one attached hydrogen (secondary N) is 1. The lowest BCUT2D eigenvalue weighted by atomic mass is 9.78. The number of pyridine rings is 1. The highest BCUT2D eigenvalue weighted by Gasteiger charge is 2.59. The molecule has 2 amide bonds. The van der Waals surface area contributed by atoms with Crippen LogP contribution in [-0.4, -0.2) is 98.5 Å². The van der Waals surface area contributed by atoms with Crippen LogP contribution in [0.25, 0.3) is 0 Å². The fraction of sp³-hybridized carbons (Fsp3) is 0.731. The summed E-state index contributed by atoms with van der Waals surface area (Å²) in [7, 11) is 3.12. The van der Waals surface area contributed by atoms with Gasteiger partial charge in [0.15, 0.2) is 0 Å². The zero-order valence-electron chi connectivity index (χ0n) is 21.8. The van der Waals surface area contributed by atoms with Crippen LogP contribution in [-0.2, 0) is 42.9 Å². The number of nitrogens with zero attached hydrogens (tertiary/aromatic N) is 3. The molecule has 210 valence electrons. The van der Waals surface area contributed by atoms with Gasteiger partial charge in [-0.15, -0.1) is 0 Å². The number of methoxy groups -OCH3 is 2. The van der Waals surface area contributed by atoms with Gasteiger partial charge in [-0.3, -0.25) is 14.6 Å². The van der Waals surface area contributed by atoms with Gasteiger partial charge in [0.05, 0.1) is 23.7 Å². The lowest BCUT2D eigenvalue weighted by molar-refractivity contribution is -0.144. The predicted molar refractivity (Wildman–Crippen MR) is 129 cm³/mol. The van der Waals surface area contributed by atoms with E-state index < -0.39 is 17.2 Å². The van der Waals surface area contributed by atoms with Crippen LogP contribution in [0.15, 0.2) is 12.3 Å². The second kappa shape index (κ2) is 10.7. The first kappa shape index (κ1) is 27.3. The van der Waals surface area contributed by atoms with Crippen LogP contribution in [0.2, 0.25) is 0 Å². The van der Waals surface area contributed by atoms with Crippen molar-refractivity contribution in [2.24, 2.45) is 11.3 Å². The van der Waals surface area contributed by atoms with E-state index in [9.17, 15) is 22.8 Å². The zero-order valence-corrected chi connectivity index (χ0v) is 21.8. The molecule has 0 aromatic carbocycles. The van der Waals surface area contributed by atoms with E-state index in [4.69, 9.17) is 14.2 Å². The summed E-state index contributed by atoms with van der Waals surface area (Å²) in [6, 6.07) is 1.26. The van der Waals surface area contributed by atoms with Crippen molar-refractivity contribution in [3.8, 4) is 0 Å². The summed E-state index contributed by atoms with van der Waals surface area (Å²) < 4.78 is 56.1. The number of halogens is 3. The predicted octanol–water partition coefficient (Wildman–Crippen LogP) is 1.63. The van der Waals surface area contributed by atoms with Crippen LogP contribution < -0.4 is 5.32 Å². The highest BCUT2D eigenvalue weighted by atomic mass is 19.4. The number of aromatic nitrogens is 1. The summed E-state index contributed by atoms with van der Waals surface area (Å²) >= 11 is 0. The van der Waals surface area contributed by atoms with Crippen molar-refractivity contribution in [1.29, 1.82) is 0 Å². The number of hydrogen-bond donors (Lipinski definition) is 1. The van der Waals surface area contributed by atoms with Gasteiger partial charge in [-0.05, 0) is 36.8 Å². The van der Waals surface area contributed by atoms with Gasteiger partial charge in [-0.2, -0.15) is 13.2 Å². The molecule has 2 saturated heterocycles. The highest BCUT2D eigenvalue weighted by Crippen LogP contribution is 2.50. The van der Waals surface area contributed by atoms with Crippen molar-refractivity contribution in [3.63, 3.8) is 0 Å². The molecule has 1 aliphatic carbocycles. The van der Waals surface area contributed by atoms with Gasteiger partial charge in [0.1, 0.15) is 6.61 Å². The Balaban J connectivity index is 1.37. The Hall–Kier alpha value is -2.28. The van der Waals surface area contributed by atoms with E-state index in [0.29, 0.717) is 50.4 Å². The molecular formula is C26H35F3N4O5. The van der Waals surface area contributed by atoms with Crippen LogP contribution in [0.1, 0.15) is 36.1 Å². The zero-order chi connectivity index (χ0) is 27.1. The number of rotatable bonds is 6. The highest BCUT2D eigenvalue weighted by molar-refractivity contribution is 5.87. The largest absolute Gasteiger partial charge is 0.417 e. The molecular weight excluding hydrogens is 505 g/mol. The van der Waals surface area contributed by atoms with Crippen molar-refractivity contribution in [3.05, 3.63) is 29.1 Å². The minimum absolute atomic E-state index is 0.0555. The van der Waals surface area contributed by atoms with Gasteiger partial charge in [0.2, 0.25) is 11.8 Å². The number of alkyl halides is 3. The Morgan fingerprint density at radius 2 is 2.11 bits per heavy atom. The van der Waals surface area contributed by atoms with Gasteiger partial charge < -0.3 is 29.3 Å². The number of likely N-dealkylation sites (tertiary alicyclic amines) is 1. The quantitative estimate of drug-likeness (QED) is 0.587. The maximum atomic E-state index is 14.2. The Morgan fingerprint density at radius 1 is 1.29 bits per heavy atom. The smallest absolute Gasteiger partial charge is 0.379 e. The molecule has 12 heteroatoms. The number of carbonyl (C=O) groups excluding carboxylic acids is 2. The molecule has 1 aromatic rings. The molecule has 1 N–H and O–H groups in total. The molecule has 38 heavy (non-hydrogen) atoms. The molecule has 1 aromatic heterocycles. The molecule has 9 nitrogen and oxygen atoms in total. The maximum Gasteiger partial charge on any atom is 0.417 e. The Labute approximate surface area is 220 Å². The summed E-state index contributed by atoms with van der Waals surface area (Å²) in [4.78, 5) is 34.3.